The van der Waals surface area contributed by atoms with Gasteiger partial charge in [0.2, 0.25) is 0 Å². The van der Waals surface area contributed by atoms with Gasteiger partial charge < -0.3 is 10.2 Å². The summed E-state index contributed by atoms with van der Waals surface area (Å²) in [6, 6.07) is 0. The first-order chi connectivity index (χ1) is 12.3. The lowest BCUT2D eigenvalue weighted by atomic mass is 9.49. The quantitative estimate of drug-likeness (QED) is 0.396. The van der Waals surface area contributed by atoms with Gasteiger partial charge >= 0.3 is 11.9 Å². The number of carboxylic acid groups (broad SMARTS) is 2. The zero-order valence-electron chi connectivity index (χ0n) is 19.2. The Morgan fingerprint density at radius 3 is 1.37 bits per heavy atom. The molecule has 0 rings (SSSR count). The predicted octanol–water partition coefficient (Wildman–Crippen LogP) is 6.63. The molecule has 2 unspecified atom stereocenters. The van der Waals surface area contributed by atoms with Crippen LogP contribution in [0.25, 0.3) is 0 Å². The summed E-state index contributed by atoms with van der Waals surface area (Å²) in [5, 5.41) is 19.9. The van der Waals surface area contributed by atoms with Crippen LogP contribution in [-0.4, -0.2) is 22.2 Å². The van der Waals surface area contributed by atoms with Crippen LogP contribution in [-0.2, 0) is 9.59 Å². The van der Waals surface area contributed by atoms with E-state index in [9.17, 15) is 19.8 Å². The smallest absolute Gasteiger partial charge is 0.307 e. The summed E-state index contributed by atoms with van der Waals surface area (Å²) in [5.74, 6) is -2.19. The second-order valence-electron chi connectivity index (χ2n) is 9.66. The van der Waals surface area contributed by atoms with Crippen molar-refractivity contribution in [1.82, 2.24) is 0 Å². The van der Waals surface area contributed by atoms with Crippen LogP contribution in [0.1, 0.15) is 107 Å². The molecule has 0 aliphatic rings. The molecule has 0 aromatic carbocycles. The highest BCUT2D eigenvalue weighted by Gasteiger charge is 2.55. The molecule has 0 aromatic heterocycles. The van der Waals surface area contributed by atoms with E-state index in [1.165, 1.54) is 0 Å². The highest BCUT2D eigenvalue weighted by atomic mass is 16.4. The van der Waals surface area contributed by atoms with Gasteiger partial charge in [-0.15, -0.1) is 0 Å². The molecule has 4 nitrogen and oxygen atoms in total. The first-order valence-corrected chi connectivity index (χ1v) is 10.7. The van der Waals surface area contributed by atoms with E-state index < -0.39 is 28.7 Å². The second kappa shape index (κ2) is 9.43. The fourth-order valence-corrected chi connectivity index (χ4v) is 5.67. The van der Waals surface area contributed by atoms with E-state index in [1.807, 2.05) is 27.7 Å². The number of carbonyl (C=O) groups is 2. The third kappa shape index (κ3) is 4.86. The lowest BCUT2D eigenvalue weighted by Gasteiger charge is -2.54. The van der Waals surface area contributed by atoms with Crippen LogP contribution in [0.5, 0.6) is 0 Å². The summed E-state index contributed by atoms with van der Waals surface area (Å²) in [5.41, 5.74) is -1.22. The summed E-state index contributed by atoms with van der Waals surface area (Å²) in [7, 11) is 0. The average Bonchev–Trinajstić information content (AvgIpc) is 2.58. The van der Waals surface area contributed by atoms with Crippen molar-refractivity contribution in [2.24, 2.45) is 27.6 Å². The van der Waals surface area contributed by atoms with Crippen LogP contribution in [0.15, 0.2) is 0 Å². The van der Waals surface area contributed by atoms with Crippen molar-refractivity contribution in [3.8, 4) is 0 Å². The molecule has 0 aromatic rings. The van der Waals surface area contributed by atoms with Gasteiger partial charge in [-0.05, 0) is 60.2 Å². The molecule has 0 bridgehead atoms. The Hall–Kier alpha value is -1.06. The molecule has 0 aliphatic carbocycles. The minimum Gasteiger partial charge on any atom is -0.481 e. The highest BCUT2D eigenvalue weighted by molar-refractivity contribution is 5.72. The van der Waals surface area contributed by atoms with Crippen molar-refractivity contribution in [1.29, 1.82) is 0 Å². The van der Waals surface area contributed by atoms with Crippen LogP contribution in [0, 0.1) is 27.6 Å². The Labute approximate surface area is 167 Å². The first-order valence-electron chi connectivity index (χ1n) is 10.7. The Morgan fingerprint density at radius 2 is 1.15 bits per heavy atom. The largest absolute Gasteiger partial charge is 0.481 e. The van der Waals surface area contributed by atoms with E-state index in [4.69, 9.17) is 0 Å². The molecule has 0 spiro atoms. The molecule has 160 valence electrons. The van der Waals surface area contributed by atoms with Gasteiger partial charge in [0, 0.05) is 0 Å². The summed E-state index contributed by atoms with van der Waals surface area (Å²) in [4.78, 5) is 24.3. The van der Waals surface area contributed by atoms with E-state index in [0.29, 0.717) is 25.7 Å². The number of hydrogen-bond donors (Lipinski definition) is 2. The van der Waals surface area contributed by atoms with E-state index in [2.05, 4.69) is 34.6 Å². The molecular weight excluding hydrogens is 340 g/mol. The summed E-state index contributed by atoms with van der Waals surface area (Å²) < 4.78 is 0. The summed E-state index contributed by atoms with van der Waals surface area (Å²) >= 11 is 0. The zero-order chi connectivity index (χ0) is 21.7. The SMILES string of the molecule is CCC(CC)(CC(C(=O)O)C(C)(CC)C(CC)(CC)CC(=O)O)C(C)(C)C. The molecule has 4 heteroatoms. The molecule has 2 atom stereocenters. The third-order valence-electron chi connectivity index (χ3n) is 8.40. The fraction of sp³-hybridized carbons (Fsp3) is 0.913. The molecule has 0 radical (unpaired) electrons. The number of carboxylic acids is 2. The van der Waals surface area contributed by atoms with Crippen molar-refractivity contribution < 1.29 is 19.8 Å². The van der Waals surface area contributed by atoms with Gasteiger partial charge in [-0.1, -0.05) is 62.3 Å². The molecule has 0 fully saturated rings. The van der Waals surface area contributed by atoms with Crippen molar-refractivity contribution in [3.05, 3.63) is 0 Å². The Morgan fingerprint density at radius 1 is 0.741 bits per heavy atom. The molecule has 0 saturated heterocycles. The number of rotatable bonds is 12. The van der Waals surface area contributed by atoms with Gasteiger partial charge in [0.1, 0.15) is 0 Å². The van der Waals surface area contributed by atoms with Crippen molar-refractivity contribution >= 4 is 11.9 Å². The normalized spacial score (nSPS) is 16.6. The maximum absolute atomic E-state index is 12.6. The lowest BCUT2D eigenvalue weighted by Crippen LogP contribution is -2.51. The van der Waals surface area contributed by atoms with Crippen LogP contribution < -0.4 is 0 Å². The number of hydrogen-bond acceptors (Lipinski definition) is 2. The van der Waals surface area contributed by atoms with Gasteiger partial charge in [-0.3, -0.25) is 9.59 Å². The van der Waals surface area contributed by atoms with Crippen LogP contribution in [0.2, 0.25) is 0 Å². The van der Waals surface area contributed by atoms with Crippen LogP contribution in [0.4, 0.5) is 0 Å². The zero-order valence-corrected chi connectivity index (χ0v) is 19.2. The minimum atomic E-state index is -0.837. The van der Waals surface area contributed by atoms with Crippen LogP contribution >= 0.6 is 0 Å². The molecule has 0 aliphatic heterocycles. The van der Waals surface area contributed by atoms with Crippen LogP contribution in [0.3, 0.4) is 0 Å². The Kier molecular flexibility index (Phi) is 9.06. The molecule has 2 N–H and O–H groups in total. The topological polar surface area (TPSA) is 74.6 Å². The van der Waals surface area contributed by atoms with Gasteiger partial charge in [-0.25, -0.2) is 0 Å². The average molecular weight is 385 g/mol. The third-order valence-corrected chi connectivity index (χ3v) is 8.40. The molecule has 0 amide bonds. The Bertz CT molecular complexity index is 495. The van der Waals surface area contributed by atoms with Crippen molar-refractivity contribution in [2.45, 2.75) is 107 Å². The highest BCUT2D eigenvalue weighted by Crippen LogP contribution is 2.59. The lowest BCUT2D eigenvalue weighted by molar-refractivity contribution is -0.163. The van der Waals surface area contributed by atoms with Crippen molar-refractivity contribution in [3.63, 3.8) is 0 Å². The fourth-order valence-electron chi connectivity index (χ4n) is 5.67. The van der Waals surface area contributed by atoms with E-state index in [1.54, 1.807) is 0 Å². The van der Waals surface area contributed by atoms with Gasteiger partial charge in [0.15, 0.2) is 0 Å². The van der Waals surface area contributed by atoms with Gasteiger partial charge in [-0.2, -0.15) is 0 Å². The minimum absolute atomic E-state index is 0.0211. The predicted molar refractivity (Wildman–Crippen MR) is 112 cm³/mol. The maximum Gasteiger partial charge on any atom is 0.307 e. The number of aliphatic carboxylic acids is 2. The van der Waals surface area contributed by atoms with E-state index >= 15 is 0 Å². The van der Waals surface area contributed by atoms with Gasteiger partial charge in [0.25, 0.3) is 0 Å². The summed E-state index contributed by atoms with van der Waals surface area (Å²) in [6.45, 7) is 19.0. The van der Waals surface area contributed by atoms with E-state index in [0.717, 1.165) is 12.8 Å². The molecule has 0 heterocycles. The van der Waals surface area contributed by atoms with Crippen molar-refractivity contribution in [2.75, 3.05) is 0 Å². The molecule has 27 heavy (non-hydrogen) atoms. The monoisotopic (exact) mass is 384 g/mol. The summed E-state index contributed by atoms with van der Waals surface area (Å²) in [6.07, 6.45) is 4.45. The molecule has 0 saturated carbocycles. The first kappa shape index (κ1) is 25.9. The van der Waals surface area contributed by atoms with E-state index in [-0.39, 0.29) is 17.3 Å². The standard InChI is InChI=1S/C23H44O4/c1-10-21(9,23(13-4,14-5)16-18(24)25)17(19(26)27)15-22(11-2,12-3)20(6,7)8/h17H,10-16H2,1-9H3,(H,24,25)(H,26,27). The maximum atomic E-state index is 12.6. The Balaban J connectivity index is 6.50. The second-order valence-corrected chi connectivity index (χ2v) is 9.66. The molecular formula is C23H44O4. The van der Waals surface area contributed by atoms with Gasteiger partial charge in [0.05, 0.1) is 12.3 Å².